The Morgan fingerprint density at radius 2 is 1.49 bits per heavy atom. The highest BCUT2D eigenvalue weighted by Crippen LogP contribution is 2.33. The Labute approximate surface area is 221 Å². The Morgan fingerprint density at radius 1 is 0.865 bits per heavy atom. The Hall–Kier alpha value is -3.78. The molecule has 4 aromatic rings. The number of aromatic amines is 1. The number of amides is 2. The van der Waals surface area contributed by atoms with E-state index >= 15 is 0 Å². The summed E-state index contributed by atoms with van der Waals surface area (Å²) < 4.78 is 27.5. The summed E-state index contributed by atoms with van der Waals surface area (Å²) >= 11 is 3.52. The molecule has 5 rings (SSSR count). The summed E-state index contributed by atoms with van der Waals surface area (Å²) in [7, 11) is 0. The van der Waals surface area contributed by atoms with Gasteiger partial charge in [0.1, 0.15) is 11.6 Å². The van der Waals surface area contributed by atoms with Crippen molar-refractivity contribution >= 4 is 44.7 Å². The number of halogens is 3. The minimum absolute atomic E-state index is 0.0295. The van der Waals surface area contributed by atoms with E-state index in [9.17, 15) is 18.4 Å². The SMILES string of the molecule is O=C(/C=C/c1ccc(F)cc1)N1CCN(C(=O)Cc2c(-c3ccc(F)cc3)[nH]c3ccc(Br)cc23)CC1. The van der Waals surface area contributed by atoms with E-state index in [2.05, 4.69) is 20.9 Å². The molecule has 3 aromatic carbocycles. The van der Waals surface area contributed by atoms with Gasteiger partial charge in [0.25, 0.3) is 0 Å². The summed E-state index contributed by atoms with van der Waals surface area (Å²) in [6.45, 7) is 1.74. The van der Waals surface area contributed by atoms with Crippen LogP contribution in [0.15, 0.2) is 77.3 Å². The van der Waals surface area contributed by atoms with Crippen molar-refractivity contribution in [2.75, 3.05) is 26.2 Å². The number of benzene rings is 3. The van der Waals surface area contributed by atoms with Gasteiger partial charge in [0.15, 0.2) is 0 Å². The lowest BCUT2D eigenvalue weighted by Gasteiger charge is -2.34. The average Bonchev–Trinajstić information content (AvgIpc) is 3.26. The summed E-state index contributed by atoms with van der Waals surface area (Å²) in [5.74, 6) is -0.816. The minimum Gasteiger partial charge on any atom is -0.354 e. The predicted molar refractivity (Wildman–Crippen MR) is 144 cm³/mol. The van der Waals surface area contributed by atoms with Crippen LogP contribution in [0.5, 0.6) is 0 Å². The second-order valence-electron chi connectivity index (χ2n) is 8.94. The van der Waals surface area contributed by atoms with Crippen molar-refractivity contribution in [2.24, 2.45) is 0 Å². The molecule has 0 spiro atoms. The molecular formula is C29H24BrF2N3O2. The summed E-state index contributed by atoms with van der Waals surface area (Å²) in [6, 6.07) is 18.0. The van der Waals surface area contributed by atoms with Gasteiger partial charge in [-0.05, 0) is 77.4 Å². The zero-order chi connectivity index (χ0) is 25.9. The van der Waals surface area contributed by atoms with Gasteiger partial charge < -0.3 is 14.8 Å². The van der Waals surface area contributed by atoms with Gasteiger partial charge in [0.05, 0.1) is 12.1 Å². The van der Waals surface area contributed by atoms with Crippen LogP contribution in [0.3, 0.4) is 0 Å². The highest BCUT2D eigenvalue weighted by molar-refractivity contribution is 9.10. The van der Waals surface area contributed by atoms with E-state index in [0.717, 1.165) is 37.8 Å². The average molecular weight is 564 g/mol. The van der Waals surface area contributed by atoms with Gasteiger partial charge in [0.2, 0.25) is 11.8 Å². The van der Waals surface area contributed by atoms with Crippen molar-refractivity contribution in [3.63, 3.8) is 0 Å². The Bertz CT molecular complexity index is 1470. The molecule has 1 saturated heterocycles. The number of fused-ring (bicyclic) bond motifs is 1. The largest absolute Gasteiger partial charge is 0.354 e. The second-order valence-corrected chi connectivity index (χ2v) is 9.86. The topological polar surface area (TPSA) is 56.4 Å². The van der Waals surface area contributed by atoms with Crippen molar-refractivity contribution in [2.45, 2.75) is 6.42 Å². The van der Waals surface area contributed by atoms with Crippen LogP contribution in [0.25, 0.3) is 28.2 Å². The third-order valence-corrected chi connectivity index (χ3v) is 7.05. The van der Waals surface area contributed by atoms with E-state index in [-0.39, 0.29) is 29.9 Å². The van der Waals surface area contributed by atoms with Gasteiger partial charge in [-0.25, -0.2) is 8.78 Å². The molecule has 0 aliphatic carbocycles. The summed E-state index contributed by atoms with van der Waals surface area (Å²) in [5, 5.41) is 0.932. The smallest absolute Gasteiger partial charge is 0.246 e. The fourth-order valence-electron chi connectivity index (χ4n) is 4.55. The number of hydrogen-bond donors (Lipinski definition) is 1. The molecule has 8 heteroatoms. The van der Waals surface area contributed by atoms with Crippen LogP contribution < -0.4 is 0 Å². The first-order chi connectivity index (χ1) is 17.9. The summed E-state index contributed by atoms with van der Waals surface area (Å²) in [6.07, 6.45) is 3.32. The van der Waals surface area contributed by atoms with Gasteiger partial charge in [-0.1, -0.05) is 28.1 Å². The Kier molecular flexibility index (Phi) is 7.19. The second kappa shape index (κ2) is 10.7. The van der Waals surface area contributed by atoms with Gasteiger partial charge >= 0.3 is 0 Å². The van der Waals surface area contributed by atoms with Crippen molar-refractivity contribution in [3.8, 4) is 11.3 Å². The van der Waals surface area contributed by atoms with Crippen LogP contribution in [0.2, 0.25) is 0 Å². The maximum Gasteiger partial charge on any atom is 0.246 e. The van der Waals surface area contributed by atoms with E-state index in [1.807, 2.05) is 18.2 Å². The van der Waals surface area contributed by atoms with E-state index in [1.54, 1.807) is 40.1 Å². The number of nitrogens with one attached hydrogen (secondary N) is 1. The zero-order valence-corrected chi connectivity index (χ0v) is 21.5. The number of aromatic nitrogens is 1. The molecule has 0 bridgehead atoms. The molecule has 0 atom stereocenters. The fourth-order valence-corrected chi connectivity index (χ4v) is 4.91. The molecule has 1 aliphatic rings. The van der Waals surface area contributed by atoms with Crippen LogP contribution in [0.1, 0.15) is 11.1 Å². The Balaban J connectivity index is 1.28. The van der Waals surface area contributed by atoms with Gasteiger partial charge in [-0.2, -0.15) is 0 Å². The first-order valence-electron chi connectivity index (χ1n) is 11.9. The lowest BCUT2D eigenvalue weighted by molar-refractivity contribution is -0.136. The monoisotopic (exact) mass is 563 g/mol. The molecule has 1 fully saturated rings. The van der Waals surface area contributed by atoms with Gasteiger partial charge in [-0.3, -0.25) is 9.59 Å². The zero-order valence-electron chi connectivity index (χ0n) is 19.9. The number of carbonyl (C=O) groups excluding carboxylic acids is 2. The van der Waals surface area contributed by atoms with Crippen LogP contribution in [-0.4, -0.2) is 52.8 Å². The van der Waals surface area contributed by atoms with Crippen LogP contribution >= 0.6 is 15.9 Å². The number of piperazine rings is 1. The molecule has 2 heterocycles. The lowest BCUT2D eigenvalue weighted by Crippen LogP contribution is -2.50. The highest BCUT2D eigenvalue weighted by atomic mass is 79.9. The molecular weight excluding hydrogens is 540 g/mol. The first kappa shape index (κ1) is 24.9. The van der Waals surface area contributed by atoms with Crippen molar-refractivity contribution in [1.29, 1.82) is 0 Å². The quantitative estimate of drug-likeness (QED) is 0.312. The molecule has 0 radical (unpaired) electrons. The first-order valence-corrected chi connectivity index (χ1v) is 12.7. The van der Waals surface area contributed by atoms with Crippen molar-refractivity contribution in [1.82, 2.24) is 14.8 Å². The maximum atomic E-state index is 13.5. The third kappa shape index (κ3) is 5.64. The molecule has 188 valence electrons. The van der Waals surface area contributed by atoms with Crippen LogP contribution in [0.4, 0.5) is 8.78 Å². The number of hydrogen-bond acceptors (Lipinski definition) is 2. The lowest BCUT2D eigenvalue weighted by atomic mass is 10.0. The molecule has 37 heavy (non-hydrogen) atoms. The van der Waals surface area contributed by atoms with E-state index < -0.39 is 0 Å². The van der Waals surface area contributed by atoms with E-state index in [1.165, 1.54) is 30.3 Å². The third-order valence-electron chi connectivity index (χ3n) is 6.56. The molecule has 0 unspecified atom stereocenters. The van der Waals surface area contributed by atoms with Crippen LogP contribution in [0, 0.1) is 11.6 Å². The highest BCUT2D eigenvalue weighted by Gasteiger charge is 2.25. The Morgan fingerprint density at radius 3 is 2.16 bits per heavy atom. The van der Waals surface area contributed by atoms with Crippen molar-refractivity contribution in [3.05, 3.63) is 100 Å². The predicted octanol–water partition coefficient (Wildman–Crippen LogP) is 5.80. The number of carbonyl (C=O) groups is 2. The molecule has 0 saturated carbocycles. The molecule has 2 amide bonds. The minimum atomic E-state index is -0.325. The standard InChI is InChI=1S/C29H24BrF2N3O2/c30-21-6-11-26-24(17-21)25(29(33-26)20-4-9-23(32)10-5-20)18-28(37)35-15-13-34(14-16-35)27(36)12-3-19-1-7-22(31)8-2-19/h1-12,17,33H,13-16,18H2/b12-3+. The normalized spacial score (nSPS) is 14.0. The summed E-state index contributed by atoms with van der Waals surface area (Å²) in [4.78, 5) is 32.8. The number of rotatable bonds is 5. The fraction of sp³-hybridized carbons (Fsp3) is 0.172. The van der Waals surface area contributed by atoms with E-state index in [0.29, 0.717) is 26.2 Å². The molecule has 1 N–H and O–H groups in total. The van der Waals surface area contributed by atoms with Gasteiger partial charge in [0, 0.05) is 47.6 Å². The molecule has 5 nitrogen and oxygen atoms in total. The van der Waals surface area contributed by atoms with E-state index in [4.69, 9.17) is 0 Å². The molecule has 1 aromatic heterocycles. The number of nitrogens with zero attached hydrogens (tertiary/aromatic N) is 2. The molecule has 1 aliphatic heterocycles. The maximum absolute atomic E-state index is 13.5. The van der Waals surface area contributed by atoms with Crippen molar-refractivity contribution < 1.29 is 18.4 Å². The van der Waals surface area contributed by atoms with Gasteiger partial charge in [-0.15, -0.1) is 0 Å². The summed E-state index contributed by atoms with van der Waals surface area (Å²) in [5.41, 5.74) is 4.09. The van der Waals surface area contributed by atoms with Crippen LogP contribution in [-0.2, 0) is 16.0 Å². The number of H-pyrrole nitrogens is 1.